The molecule has 6 rings (SSSR count). The highest BCUT2D eigenvalue weighted by molar-refractivity contribution is 6.07. The van der Waals surface area contributed by atoms with Gasteiger partial charge in [-0.15, -0.1) is 0 Å². The molecule has 4 aromatic carbocycles. The zero-order valence-electron chi connectivity index (χ0n) is 24.2. The van der Waals surface area contributed by atoms with Crippen LogP contribution < -0.4 is 5.43 Å². The molecule has 2 amide bonds. The Labute approximate surface area is 250 Å². The summed E-state index contributed by atoms with van der Waals surface area (Å²) in [6, 6.07) is 28.5. The third kappa shape index (κ3) is 6.37. The van der Waals surface area contributed by atoms with Gasteiger partial charge in [-0.2, -0.15) is 0 Å². The first-order valence-electron chi connectivity index (χ1n) is 14.7. The van der Waals surface area contributed by atoms with Gasteiger partial charge in [-0.05, 0) is 54.3 Å². The van der Waals surface area contributed by atoms with E-state index < -0.39 is 0 Å². The second-order valence-corrected chi connectivity index (χ2v) is 11.2. The van der Waals surface area contributed by atoms with Crippen LogP contribution in [0.5, 0.6) is 0 Å². The lowest BCUT2D eigenvalue weighted by Crippen LogP contribution is -2.45. The molecular formula is C36H34N2O5. The number of rotatable bonds is 9. The number of aryl methyl sites for hydroxylation is 1. The monoisotopic (exact) mass is 574 g/mol. The Bertz CT molecular complexity index is 1820. The molecule has 0 aliphatic carbocycles. The van der Waals surface area contributed by atoms with Gasteiger partial charge in [-0.25, -0.2) is 0 Å². The lowest BCUT2D eigenvalue weighted by molar-refractivity contribution is -0.133. The minimum Gasteiger partial charge on any atom is -0.464 e. The molecule has 5 aromatic rings. The molecule has 43 heavy (non-hydrogen) atoms. The number of carbonyl (C=O) groups is 2. The molecule has 7 nitrogen and oxygen atoms in total. The molecule has 0 saturated carbocycles. The zero-order valence-corrected chi connectivity index (χ0v) is 24.2. The summed E-state index contributed by atoms with van der Waals surface area (Å²) < 4.78 is 11.7. The molecule has 1 aromatic heterocycles. The van der Waals surface area contributed by atoms with E-state index in [1.165, 1.54) is 6.26 Å². The molecule has 2 heterocycles. The summed E-state index contributed by atoms with van der Waals surface area (Å²) in [5.74, 6) is -0.486. The van der Waals surface area contributed by atoms with Gasteiger partial charge in [0.1, 0.15) is 12.1 Å². The van der Waals surface area contributed by atoms with E-state index in [0.29, 0.717) is 35.2 Å². The van der Waals surface area contributed by atoms with Crippen LogP contribution in [-0.4, -0.2) is 47.4 Å². The SMILES string of the molecule is Cc1ccc2occ(CN(Cc3ccccc3)C(=O)CN(C[C@H]3CCCO3)C(=O)c3cccc4ccccc34)c(=O)c2c1. The third-order valence-electron chi connectivity index (χ3n) is 8.01. The number of benzene rings is 4. The first-order valence-corrected chi connectivity index (χ1v) is 14.7. The van der Waals surface area contributed by atoms with Crippen molar-refractivity contribution in [2.45, 2.75) is 39.0 Å². The molecule has 7 heteroatoms. The van der Waals surface area contributed by atoms with Crippen LogP contribution in [0.1, 0.15) is 39.9 Å². The van der Waals surface area contributed by atoms with E-state index in [0.717, 1.165) is 34.7 Å². The predicted octanol–water partition coefficient (Wildman–Crippen LogP) is 6.10. The average molecular weight is 575 g/mol. The fraction of sp³-hybridized carbons (Fsp3) is 0.250. The Morgan fingerprint density at radius 3 is 2.47 bits per heavy atom. The van der Waals surface area contributed by atoms with Gasteiger partial charge in [0.2, 0.25) is 5.91 Å². The van der Waals surface area contributed by atoms with E-state index in [2.05, 4.69) is 0 Å². The van der Waals surface area contributed by atoms with Gasteiger partial charge in [0, 0.05) is 25.3 Å². The van der Waals surface area contributed by atoms with Gasteiger partial charge in [-0.3, -0.25) is 14.4 Å². The molecule has 1 fully saturated rings. The van der Waals surface area contributed by atoms with E-state index >= 15 is 0 Å². The Balaban J connectivity index is 1.33. The normalized spacial score (nSPS) is 14.7. The predicted molar refractivity (Wildman–Crippen MR) is 167 cm³/mol. The van der Waals surface area contributed by atoms with Gasteiger partial charge in [-0.1, -0.05) is 78.4 Å². The van der Waals surface area contributed by atoms with Crippen molar-refractivity contribution in [1.82, 2.24) is 9.80 Å². The minimum atomic E-state index is -0.265. The van der Waals surface area contributed by atoms with Crippen LogP contribution in [0.15, 0.2) is 106 Å². The Hall–Kier alpha value is -4.75. The van der Waals surface area contributed by atoms with E-state index in [4.69, 9.17) is 9.15 Å². The second kappa shape index (κ2) is 12.6. The molecule has 1 aliphatic heterocycles. The van der Waals surface area contributed by atoms with Gasteiger partial charge < -0.3 is 19.0 Å². The highest BCUT2D eigenvalue weighted by atomic mass is 16.5. The van der Waals surface area contributed by atoms with Gasteiger partial charge >= 0.3 is 0 Å². The minimum absolute atomic E-state index is 0.0518. The maximum absolute atomic E-state index is 14.1. The number of amides is 2. The number of hydrogen-bond donors (Lipinski definition) is 0. The van der Waals surface area contributed by atoms with Crippen LogP contribution in [0.25, 0.3) is 21.7 Å². The Morgan fingerprint density at radius 2 is 1.65 bits per heavy atom. The van der Waals surface area contributed by atoms with Crippen molar-refractivity contribution in [1.29, 1.82) is 0 Å². The van der Waals surface area contributed by atoms with Crippen LogP contribution in [-0.2, 0) is 22.6 Å². The Morgan fingerprint density at radius 1 is 0.860 bits per heavy atom. The summed E-state index contributed by atoms with van der Waals surface area (Å²) in [6.07, 6.45) is 3.06. The van der Waals surface area contributed by atoms with Gasteiger partial charge in [0.25, 0.3) is 5.91 Å². The fourth-order valence-corrected chi connectivity index (χ4v) is 5.73. The molecule has 218 valence electrons. The maximum Gasteiger partial charge on any atom is 0.255 e. The zero-order chi connectivity index (χ0) is 29.8. The number of ether oxygens (including phenoxy) is 1. The van der Waals surface area contributed by atoms with Crippen LogP contribution in [0.4, 0.5) is 0 Å². The molecule has 1 aliphatic rings. The first kappa shape index (κ1) is 28.4. The third-order valence-corrected chi connectivity index (χ3v) is 8.01. The van der Waals surface area contributed by atoms with Crippen molar-refractivity contribution in [2.24, 2.45) is 0 Å². The molecule has 1 atom stereocenters. The van der Waals surface area contributed by atoms with E-state index in [9.17, 15) is 14.4 Å². The van der Waals surface area contributed by atoms with E-state index in [1.807, 2.05) is 85.8 Å². The second-order valence-electron chi connectivity index (χ2n) is 11.2. The lowest BCUT2D eigenvalue weighted by Gasteiger charge is -2.29. The van der Waals surface area contributed by atoms with Crippen molar-refractivity contribution in [3.8, 4) is 0 Å². The molecule has 0 bridgehead atoms. The molecule has 0 spiro atoms. The van der Waals surface area contributed by atoms with Crippen LogP contribution in [0.3, 0.4) is 0 Å². The molecule has 0 unspecified atom stereocenters. The van der Waals surface area contributed by atoms with Crippen molar-refractivity contribution >= 4 is 33.6 Å². The summed E-state index contributed by atoms with van der Waals surface area (Å²) in [5, 5.41) is 2.28. The highest BCUT2D eigenvalue weighted by Gasteiger charge is 2.28. The standard InChI is InChI=1S/C36H34N2O5/c1-25-16-17-33-32(19-25)35(40)28(24-43-33)21-37(20-26-9-3-2-4-10-26)34(39)23-38(22-29-13-8-18-42-29)36(41)31-15-7-12-27-11-5-6-14-30(27)31/h2-7,9-12,14-17,19,24,29H,8,13,18,20-23H2,1H3/t29-/m1/s1. The van der Waals surface area contributed by atoms with Crippen molar-refractivity contribution in [3.63, 3.8) is 0 Å². The smallest absolute Gasteiger partial charge is 0.255 e. The lowest BCUT2D eigenvalue weighted by atomic mass is 10.0. The summed E-state index contributed by atoms with van der Waals surface area (Å²) in [6.45, 7) is 3.06. The summed E-state index contributed by atoms with van der Waals surface area (Å²) >= 11 is 0. The number of carbonyl (C=O) groups excluding carboxylic acids is 2. The topological polar surface area (TPSA) is 80.1 Å². The van der Waals surface area contributed by atoms with Crippen LogP contribution >= 0.6 is 0 Å². The summed E-state index contributed by atoms with van der Waals surface area (Å²) in [5.41, 5.74) is 3.13. The van der Waals surface area contributed by atoms with Crippen LogP contribution in [0.2, 0.25) is 0 Å². The molecule has 0 N–H and O–H groups in total. The van der Waals surface area contributed by atoms with E-state index in [1.54, 1.807) is 21.9 Å². The number of nitrogens with zero attached hydrogens (tertiary/aromatic N) is 2. The first-order chi connectivity index (χ1) is 21.0. The maximum atomic E-state index is 14.1. The quantitative estimate of drug-likeness (QED) is 0.212. The summed E-state index contributed by atoms with van der Waals surface area (Å²) in [4.78, 5) is 44.9. The average Bonchev–Trinajstić information content (AvgIpc) is 3.55. The summed E-state index contributed by atoms with van der Waals surface area (Å²) in [7, 11) is 0. The van der Waals surface area contributed by atoms with Crippen molar-refractivity contribution in [3.05, 3.63) is 130 Å². The van der Waals surface area contributed by atoms with Gasteiger partial charge in [0.05, 0.1) is 29.9 Å². The van der Waals surface area contributed by atoms with E-state index in [-0.39, 0.29) is 43.0 Å². The molecule has 0 radical (unpaired) electrons. The molecular weight excluding hydrogens is 540 g/mol. The van der Waals surface area contributed by atoms with Gasteiger partial charge in [0.15, 0.2) is 5.43 Å². The number of hydrogen-bond acceptors (Lipinski definition) is 5. The highest BCUT2D eigenvalue weighted by Crippen LogP contribution is 2.23. The Kier molecular flexibility index (Phi) is 8.34. The van der Waals surface area contributed by atoms with Crippen LogP contribution in [0, 0.1) is 6.92 Å². The van der Waals surface area contributed by atoms with Crippen molar-refractivity contribution in [2.75, 3.05) is 19.7 Å². The largest absolute Gasteiger partial charge is 0.464 e. The van der Waals surface area contributed by atoms with Crippen molar-refractivity contribution < 1.29 is 18.7 Å². The molecule has 1 saturated heterocycles. The number of fused-ring (bicyclic) bond motifs is 2. The fourth-order valence-electron chi connectivity index (χ4n) is 5.73.